The minimum absolute atomic E-state index is 0.0338. The minimum atomic E-state index is -0.757. The van der Waals surface area contributed by atoms with E-state index in [9.17, 15) is 24.6 Å². The molecule has 39 heavy (non-hydrogen) atoms. The van der Waals surface area contributed by atoms with E-state index >= 15 is 0 Å². The number of nitrogens with zero attached hydrogens (tertiary/aromatic N) is 1. The Bertz CT molecular complexity index is 1030. The molecular formula is C30H43N3O6. The molecule has 0 heterocycles. The summed E-state index contributed by atoms with van der Waals surface area (Å²) in [5.41, 5.74) is 7.47. The number of Topliss-reactive ketones (excluding diaryl/α,β-unsaturated/α-hetero) is 1. The van der Waals surface area contributed by atoms with E-state index in [2.05, 4.69) is 17.5 Å². The summed E-state index contributed by atoms with van der Waals surface area (Å²) >= 11 is 0. The Balaban J connectivity index is 1.76. The molecule has 4 unspecified atom stereocenters. The van der Waals surface area contributed by atoms with Gasteiger partial charge in [0.05, 0.1) is 18.4 Å². The standard InChI is InChI=1S/C30H43N3O6/c1-4-5-18-30(2,3)27(36)17-16-24-23(25(34)19-26(24)35)10-8-6-7-9-11-28(37)39-22-14-12-21(13-15-22)20-32-33-29(31)38/h6,8,12-17,20,23-24,26-27,35-36H,4-5,7,9-11,18-19H2,1-3H3,(H3,31,33,38). The normalized spacial score (nSPS) is 20.7. The van der Waals surface area contributed by atoms with Gasteiger partial charge in [0, 0.05) is 24.7 Å². The molecule has 1 saturated carbocycles. The molecule has 0 bridgehead atoms. The number of hydrogen-bond acceptors (Lipinski definition) is 7. The van der Waals surface area contributed by atoms with Crippen molar-refractivity contribution in [3.63, 3.8) is 0 Å². The average molecular weight is 542 g/mol. The lowest BCUT2D eigenvalue weighted by atomic mass is 9.80. The molecule has 5 N–H and O–H groups in total. The number of esters is 1. The van der Waals surface area contributed by atoms with Crippen molar-refractivity contribution in [1.82, 2.24) is 5.43 Å². The topological polar surface area (TPSA) is 151 Å². The Morgan fingerprint density at radius 1 is 1.23 bits per heavy atom. The predicted octanol–water partition coefficient (Wildman–Crippen LogP) is 4.41. The SMILES string of the molecule is CCCCC(C)(C)C(O)C=CC1C(O)CC(=O)C1CC=CCCCC(=O)Oc1ccc(C=NNC(N)=O)cc1. The number of carbonyl (C=O) groups is 3. The van der Waals surface area contributed by atoms with Crippen LogP contribution in [0.5, 0.6) is 5.75 Å². The van der Waals surface area contributed by atoms with E-state index in [1.165, 1.54) is 6.21 Å². The highest BCUT2D eigenvalue weighted by atomic mass is 16.5. The van der Waals surface area contributed by atoms with Gasteiger partial charge in [0.2, 0.25) is 0 Å². The first-order valence-corrected chi connectivity index (χ1v) is 13.6. The fourth-order valence-electron chi connectivity index (χ4n) is 4.50. The Morgan fingerprint density at radius 2 is 1.95 bits per heavy atom. The maximum absolute atomic E-state index is 12.5. The molecule has 0 spiro atoms. The molecule has 9 nitrogen and oxygen atoms in total. The number of aliphatic hydroxyl groups excluding tert-OH is 2. The number of carbonyl (C=O) groups excluding carboxylic acids is 3. The van der Waals surface area contributed by atoms with Gasteiger partial charge in [0.15, 0.2) is 0 Å². The molecule has 0 radical (unpaired) electrons. The van der Waals surface area contributed by atoms with E-state index in [1.807, 2.05) is 32.1 Å². The second-order valence-corrected chi connectivity index (χ2v) is 10.7. The van der Waals surface area contributed by atoms with Gasteiger partial charge in [0.25, 0.3) is 0 Å². The molecule has 1 aliphatic rings. The van der Waals surface area contributed by atoms with Gasteiger partial charge in [-0.3, -0.25) is 9.59 Å². The Hall–Kier alpha value is -3.30. The number of nitrogens with two attached hydrogens (primary N) is 1. The first-order valence-electron chi connectivity index (χ1n) is 13.6. The van der Waals surface area contributed by atoms with Gasteiger partial charge in [-0.15, -0.1) is 0 Å². The number of benzene rings is 1. The highest BCUT2D eigenvalue weighted by molar-refractivity contribution is 5.85. The molecule has 9 heteroatoms. The zero-order valence-electron chi connectivity index (χ0n) is 23.2. The maximum atomic E-state index is 12.5. The number of unbranched alkanes of at least 4 members (excludes halogenated alkanes) is 2. The Kier molecular flexibility index (Phi) is 13.1. The van der Waals surface area contributed by atoms with Crippen LogP contribution in [-0.4, -0.2) is 46.4 Å². The molecule has 1 aliphatic carbocycles. The zero-order chi connectivity index (χ0) is 28.8. The maximum Gasteiger partial charge on any atom is 0.332 e. The molecule has 2 rings (SSSR count). The first-order chi connectivity index (χ1) is 18.5. The number of ether oxygens (including phenoxy) is 1. The van der Waals surface area contributed by atoms with Crippen LogP contribution in [0.2, 0.25) is 0 Å². The number of ketones is 1. The van der Waals surface area contributed by atoms with Crippen molar-refractivity contribution in [3.8, 4) is 5.75 Å². The number of hydrogen-bond donors (Lipinski definition) is 4. The van der Waals surface area contributed by atoms with Crippen LogP contribution in [0.4, 0.5) is 4.79 Å². The smallest absolute Gasteiger partial charge is 0.332 e. The molecule has 1 aromatic carbocycles. The molecule has 0 aliphatic heterocycles. The van der Waals surface area contributed by atoms with Gasteiger partial charge in [-0.05, 0) is 60.9 Å². The number of amides is 2. The summed E-state index contributed by atoms with van der Waals surface area (Å²) < 4.78 is 5.33. The van der Waals surface area contributed by atoms with Gasteiger partial charge in [-0.25, -0.2) is 10.2 Å². The van der Waals surface area contributed by atoms with Crippen LogP contribution >= 0.6 is 0 Å². The molecule has 2 amide bonds. The fraction of sp³-hybridized carbons (Fsp3) is 0.533. The minimum Gasteiger partial charge on any atom is -0.427 e. The van der Waals surface area contributed by atoms with Crippen LogP contribution in [0.25, 0.3) is 0 Å². The van der Waals surface area contributed by atoms with Gasteiger partial charge in [-0.1, -0.05) is 57.9 Å². The van der Waals surface area contributed by atoms with Crippen LogP contribution in [0.1, 0.15) is 77.7 Å². The van der Waals surface area contributed by atoms with E-state index in [4.69, 9.17) is 10.5 Å². The van der Waals surface area contributed by atoms with Gasteiger partial charge in [-0.2, -0.15) is 5.10 Å². The number of hydrazone groups is 1. The van der Waals surface area contributed by atoms with E-state index in [0.717, 1.165) is 19.3 Å². The lowest BCUT2D eigenvalue weighted by Crippen LogP contribution is -2.28. The third kappa shape index (κ3) is 11.1. The first kappa shape index (κ1) is 31.9. The number of nitrogens with one attached hydrogen (secondary N) is 1. The largest absolute Gasteiger partial charge is 0.427 e. The number of primary amides is 1. The van der Waals surface area contributed by atoms with Crippen LogP contribution in [0.15, 0.2) is 53.7 Å². The van der Waals surface area contributed by atoms with E-state index in [1.54, 1.807) is 30.3 Å². The summed E-state index contributed by atoms with van der Waals surface area (Å²) in [5, 5.41) is 24.7. The molecule has 0 aromatic heterocycles. The van der Waals surface area contributed by atoms with Crippen LogP contribution in [0, 0.1) is 17.3 Å². The lowest BCUT2D eigenvalue weighted by Gasteiger charge is -2.29. The van der Waals surface area contributed by atoms with Crippen molar-refractivity contribution >= 4 is 24.0 Å². The fourth-order valence-corrected chi connectivity index (χ4v) is 4.50. The van der Waals surface area contributed by atoms with Crippen LogP contribution in [-0.2, 0) is 9.59 Å². The van der Waals surface area contributed by atoms with E-state index < -0.39 is 18.2 Å². The quantitative estimate of drug-likeness (QED) is 0.0645. The highest BCUT2D eigenvalue weighted by Crippen LogP contribution is 2.35. The van der Waals surface area contributed by atoms with E-state index in [-0.39, 0.29) is 41.8 Å². The molecule has 1 fully saturated rings. The van der Waals surface area contributed by atoms with Crippen molar-refractivity contribution in [1.29, 1.82) is 0 Å². The summed E-state index contributed by atoms with van der Waals surface area (Å²) in [5.74, 6) is -0.535. The van der Waals surface area contributed by atoms with Crippen molar-refractivity contribution in [2.45, 2.75) is 84.3 Å². The number of urea groups is 1. The summed E-state index contributed by atoms with van der Waals surface area (Å²) in [6.45, 7) is 6.18. The summed E-state index contributed by atoms with van der Waals surface area (Å²) in [4.78, 5) is 35.2. The van der Waals surface area contributed by atoms with Gasteiger partial charge in [0.1, 0.15) is 11.5 Å². The third-order valence-electron chi connectivity index (χ3n) is 7.03. The molecular weight excluding hydrogens is 498 g/mol. The van der Waals surface area contributed by atoms with Gasteiger partial charge >= 0.3 is 12.0 Å². The lowest BCUT2D eigenvalue weighted by molar-refractivity contribution is -0.134. The number of allylic oxidation sites excluding steroid dienone is 2. The summed E-state index contributed by atoms with van der Waals surface area (Å²) in [6, 6.07) is 5.89. The molecule has 1 aromatic rings. The molecule has 214 valence electrons. The van der Waals surface area contributed by atoms with Crippen molar-refractivity contribution in [2.24, 2.45) is 28.1 Å². The Labute approximate surface area is 231 Å². The highest BCUT2D eigenvalue weighted by Gasteiger charge is 2.39. The Morgan fingerprint density at radius 3 is 2.62 bits per heavy atom. The number of rotatable bonds is 15. The second kappa shape index (κ2) is 16.0. The summed E-state index contributed by atoms with van der Waals surface area (Å²) in [6.07, 6.45) is 12.6. The van der Waals surface area contributed by atoms with E-state index in [0.29, 0.717) is 30.6 Å². The summed E-state index contributed by atoms with van der Waals surface area (Å²) in [7, 11) is 0. The van der Waals surface area contributed by atoms with Crippen molar-refractivity contribution < 1.29 is 29.3 Å². The second-order valence-electron chi connectivity index (χ2n) is 10.7. The van der Waals surface area contributed by atoms with Crippen molar-refractivity contribution in [2.75, 3.05) is 0 Å². The van der Waals surface area contributed by atoms with Crippen LogP contribution < -0.4 is 15.9 Å². The van der Waals surface area contributed by atoms with Gasteiger partial charge < -0.3 is 20.7 Å². The molecule has 4 atom stereocenters. The van der Waals surface area contributed by atoms with Crippen LogP contribution in [0.3, 0.4) is 0 Å². The average Bonchev–Trinajstić information content (AvgIpc) is 3.15. The van der Waals surface area contributed by atoms with Crippen molar-refractivity contribution in [3.05, 3.63) is 54.1 Å². The zero-order valence-corrected chi connectivity index (χ0v) is 23.2. The monoisotopic (exact) mass is 541 g/mol. The number of aliphatic hydroxyl groups is 2. The third-order valence-corrected chi connectivity index (χ3v) is 7.03. The molecule has 0 saturated heterocycles. The predicted molar refractivity (Wildman–Crippen MR) is 151 cm³/mol.